The van der Waals surface area contributed by atoms with Gasteiger partial charge in [0.15, 0.2) is 0 Å². The van der Waals surface area contributed by atoms with Crippen LogP contribution in [0, 0.1) is 5.92 Å². The van der Waals surface area contributed by atoms with Crippen molar-refractivity contribution in [1.29, 1.82) is 0 Å². The Bertz CT molecular complexity index is 832. The Morgan fingerprint density at radius 1 is 1.11 bits per heavy atom. The highest BCUT2D eigenvalue weighted by Crippen LogP contribution is 2.29. The van der Waals surface area contributed by atoms with E-state index in [1.165, 1.54) is 5.39 Å². The first-order chi connectivity index (χ1) is 13.2. The van der Waals surface area contributed by atoms with Gasteiger partial charge in [0.1, 0.15) is 5.78 Å². The number of Topliss-reactive ketones (excluding diaryl/α,β-unsaturated/α-hetero) is 1. The van der Waals surface area contributed by atoms with Crippen molar-refractivity contribution in [2.75, 3.05) is 13.1 Å². The average molecular weight is 364 g/mol. The Labute approximate surface area is 161 Å². The van der Waals surface area contributed by atoms with E-state index < -0.39 is 0 Å². The maximum Gasteiger partial charge on any atom is 0.222 e. The summed E-state index contributed by atoms with van der Waals surface area (Å²) in [6, 6.07) is 10.5. The number of hydrogen-bond donors (Lipinski definition) is 0. The van der Waals surface area contributed by atoms with Crippen LogP contribution in [0.2, 0.25) is 0 Å². The molecule has 4 nitrogen and oxygen atoms in total. The second-order valence-electron chi connectivity index (χ2n) is 8.08. The molecule has 27 heavy (non-hydrogen) atoms. The molecular weight excluding hydrogens is 336 g/mol. The molecule has 2 aromatic rings. The molecular formula is C23H28N2O2. The van der Waals surface area contributed by atoms with Crippen LogP contribution in [0.3, 0.4) is 0 Å². The number of hydrogen-bond acceptors (Lipinski definition) is 3. The molecule has 2 aliphatic rings. The molecule has 0 bridgehead atoms. The summed E-state index contributed by atoms with van der Waals surface area (Å²) in [7, 11) is 0. The van der Waals surface area contributed by atoms with Crippen molar-refractivity contribution in [2.45, 2.75) is 57.3 Å². The van der Waals surface area contributed by atoms with Crippen molar-refractivity contribution >= 4 is 22.5 Å². The zero-order valence-corrected chi connectivity index (χ0v) is 15.9. The van der Waals surface area contributed by atoms with Gasteiger partial charge in [-0.25, -0.2) is 0 Å². The van der Waals surface area contributed by atoms with E-state index in [1.807, 2.05) is 17.2 Å². The van der Waals surface area contributed by atoms with Gasteiger partial charge >= 0.3 is 0 Å². The second kappa shape index (κ2) is 8.20. The van der Waals surface area contributed by atoms with Gasteiger partial charge in [-0.2, -0.15) is 0 Å². The zero-order valence-electron chi connectivity index (χ0n) is 15.9. The monoisotopic (exact) mass is 364 g/mol. The number of likely N-dealkylation sites (tertiary alicyclic amines) is 1. The molecule has 1 saturated carbocycles. The van der Waals surface area contributed by atoms with Crippen LogP contribution in [0.1, 0.15) is 63.0 Å². The molecule has 1 saturated heterocycles. The zero-order chi connectivity index (χ0) is 18.6. The van der Waals surface area contributed by atoms with Crippen molar-refractivity contribution in [3.8, 4) is 0 Å². The van der Waals surface area contributed by atoms with Crippen molar-refractivity contribution in [3.05, 3.63) is 42.2 Å². The fraction of sp³-hybridized carbons (Fsp3) is 0.522. The standard InChI is InChI=1S/C23H28N2O2/c26-22-10-4-3-6-17(22)11-12-23(27)25-13-5-9-20(16-25)21-14-18-7-1-2-8-19(18)15-24-21/h1-2,7-8,14-15,17,20H,3-6,9-13,16H2/t17-,20-/m1/s1. The normalized spacial score (nSPS) is 23.6. The summed E-state index contributed by atoms with van der Waals surface area (Å²) in [6.07, 6.45) is 9.11. The Morgan fingerprint density at radius 3 is 2.81 bits per heavy atom. The van der Waals surface area contributed by atoms with Gasteiger partial charge < -0.3 is 4.90 Å². The molecule has 4 heteroatoms. The lowest BCUT2D eigenvalue weighted by Gasteiger charge is -2.33. The predicted molar refractivity (Wildman–Crippen MR) is 106 cm³/mol. The molecule has 2 heterocycles. The number of fused-ring (bicyclic) bond motifs is 1. The number of carbonyl (C=O) groups excluding carboxylic acids is 2. The van der Waals surface area contributed by atoms with Crippen LogP contribution in [0.15, 0.2) is 36.5 Å². The van der Waals surface area contributed by atoms with Crippen LogP contribution in [0.25, 0.3) is 10.8 Å². The molecule has 0 unspecified atom stereocenters. The molecule has 142 valence electrons. The minimum atomic E-state index is 0.116. The van der Waals surface area contributed by atoms with Crippen LogP contribution in [0.4, 0.5) is 0 Å². The van der Waals surface area contributed by atoms with E-state index in [0.717, 1.165) is 62.7 Å². The van der Waals surface area contributed by atoms with Gasteiger partial charge in [-0.05, 0) is 43.6 Å². The van der Waals surface area contributed by atoms with Crippen molar-refractivity contribution in [2.24, 2.45) is 5.92 Å². The number of ketones is 1. The van der Waals surface area contributed by atoms with Gasteiger partial charge in [0.05, 0.1) is 0 Å². The third-order valence-corrected chi connectivity index (χ3v) is 6.23. The van der Waals surface area contributed by atoms with E-state index in [4.69, 9.17) is 0 Å². The summed E-state index contributed by atoms with van der Waals surface area (Å²) in [6.45, 7) is 1.59. The third-order valence-electron chi connectivity index (χ3n) is 6.23. The molecule has 1 aliphatic heterocycles. The summed E-state index contributed by atoms with van der Waals surface area (Å²) < 4.78 is 0. The van der Waals surface area contributed by atoms with Crippen molar-refractivity contribution < 1.29 is 9.59 Å². The highest BCUT2D eigenvalue weighted by Gasteiger charge is 2.27. The number of aromatic nitrogens is 1. The van der Waals surface area contributed by atoms with Gasteiger partial charge in [0.25, 0.3) is 0 Å². The molecule has 2 fully saturated rings. The summed E-state index contributed by atoms with van der Waals surface area (Å²) >= 11 is 0. The van der Waals surface area contributed by atoms with Gasteiger partial charge in [0.2, 0.25) is 5.91 Å². The maximum atomic E-state index is 12.7. The Morgan fingerprint density at radius 2 is 1.96 bits per heavy atom. The first-order valence-corrected chi connectivity index (χ1v) is 10.4. The van der Waals surface area contributed by atoms with E-state index in [1.54, 1.807) is 0 Å². The lowest BCUT2D eigenvalue weighted by atomic mass is 9.84. The van der Waals surface area contributed by atoms with Gasteiger partial charge in [-0.3, -0.25) is 14.6 Å². The Kier molecular flexibility index (Phi) is 5.51. The highest BCUT2D eigenvalue weighted by atomic mass is 16.2. The molecule has 4 rings (SSSR count). The predicted octanol–water partition coefficient (Wildman–Crippen LogP) is 4.48. The fourth-order valence-electron chi connectivity index (χ4n) is 4.59. The number of rotatable bonds is 4. The number of piperidine rings is 1. The minimum Gasteiger partial charge on any atom is -0.342 e. The third kappa shape index (κ3) is 4.20. The lowest BCUT2D eigenvalue weighted by molar-refractivity contribution is -0.133. The molecule has 1 amide bonds. The van der Waals surface area contributed by atoms with Gasteiger partial charge in [-0.15, -0.1) is 0 Å². The van der Waals surface area contributed by atoms with E-state index in [9.17, 15) is 9.59 Å². The minimum absolute atomic E-state index is 0.116. The largest absolute Gasteiger partial charge is 0.342 e. The van der Waals surface area contributed by atoms with Gasteiger partial charge in [-0.1, -0.05) is 30.7 Å². The second-order valence-corrected chi connectivity index (χ2v) is 8.08. The first kappa shape index (κ1) is 18.1. The first-order valence-electron chi connectivity index (χ1n) is 10.4. The fourth-order valence-corrected chi connectivity index (χ4v) is 4.59. The lowest BCUT2D eigenvalue weighted by Crippen LogP contribution is -2.39. The molecule has 0 N–H and O–H groups in total. The molecule has 0 radical (unpaired) electrons. The molecule has 0 spiro atoms. The topological polar surface area (TPSA) is 50.3 Å². The van der Waals surface area contributed by atoms with E-state index in [-0.39, 0.29) is 11.8 Å². The van der Waals surface area contributed by atoms with Crippen LogP contribution in [0.5, 0.6) is 0 Å². The number of nitrogens with zero attached hydrogens (tertiary/aromatic N) is 2. The van der Waals surface area contributed by atoms with Crippen LogP contribution >= 0.6 is 0 Å². The molecule has 1 aromatic carbocycles. The number of pyridine rings is 1. The molecule has 1 aliphatic carbocycles. The molecule has 1 aromatic heterocycles. The number of carbonyl (C=O) groups is 2. The summed E-state index contributed by atoms with van der Waals surface area (Å²) in [5.74, 6) is 0.999. The summed E-state index contributed by atoms with van der Waals surface area (Å²) in [5.41, 5.74) is 1.09. The van der Waals surface area contributed by atoms with Crippen molar-refractivity contribution in [1.82, 2.24) is 9.88 Å². The van der Waals surface area contributed by atoms with Crippen LogP contribution < -0.4 is 0 Å². The summed E-state index contributed by atoms with van der Waals surface area (Å²) in [5, 5.41) is 2.36. The van der Waals surface area contributed by atoms with E-state index >= 15 is 0 Å². The quantitative estimate of drug-likeness (QED) is 0.804. The maximum absolute atomic E-state index is 12.7. The average Bonchev–Trinajstić information content (AvgIpc) is 2.72. The smallest absolute Gasteiger partial charge is 0.222 e. The van der Waals surface area contributed by atoms with Crippen LogP contribution in [-0.2, 0) is 9.59 Å². The Hall–Kier alpha value is -2.23. The number of benzene rings is 1. The number of amides is 1. The SMILES string of the molecule is O=C1CCCC[C@@H]1CCC(=O)N1CCC[C@@H](c2cc3ccccc3cn2)C1. The van der Waals surface area contributed by atoms with Gasteiger partial charge in [0, 0.05) is 55.0 Å². The Balaban J connectivity index is 1.38. The highest BCUT2D eigenvalue weighted by molar-refractivity contribution is 5.83. The van der Waals surface area contributed by atoms with Crippen molar-refractivity contribution in [3.63, 3.8) is 0 Å². The summed E-state index contributed by atoms with van der Waals surface area (Å²) in [4.78, 5) is 31.4. The van der Waals surface area contributed by atoms with Crippen LogP contribution in [-0.4, -0.2) is 34.7 Å². The van der Waals surface area contributed by atoms with E-state index in [2.05, 4.69) is 29.2 Å². The van der Waals surface area contributed by atoms with E-state index in [0.29, 0.717) is 24.5 Å². The molecule has 2 atom stereocenters.